The molecule has 0 saturated heterocycles. The highest BCUT2D eigenvalue weighted by Gasteiger charge is 1.82. The molecule has 50 valence electrons. The van der Waals surface area contributed by atoms with Gasteiger partial charge in [-0.3, -0.25) is 0 Å². The van der Waals surface area contributed by atoms with Gasteiger partial charge in [-0.25, -0.2) is 0 Å². The van der Waals surface area contributed by atoms with Crippen molar-refractivity contribution < 1.29 is 0 Å². The fraction of sp³-hybridized carbons (Fsp3) is 0.429. The molecule has 0 spiro atoms. The highest BCUT2D eigenvalue weighted by molar-refractivity contribution is 5.15. The molecule has 0 N–H and O–H groups in total. The molecule has 0 aliphatic heterocycles. The highest BCUT2D eigenvalue weighted by atomic mass is 16.3. The summed E-state index contributed by atoms with van der Waals surface area (Å²) in [4.78, 5) is 9.87. The van der Waals surface area contributed by atoms with Gasteiger partial charge in [-0.2, -0.15) is 0 Å². The fourth-order valence-corrected chi connectivity index (χ4v) is 0.418. The van der Waals surface area contributed by atoms with E-state index in [0.29, 0.717) is 5.70 Å². The molecular formula is C7H11NO. The minimum atomic E-state index is 0.497. The Balaban J connectivity index is 3.84. The zero-order chi connectivity index (χ0) is 7.11. The Hall–Kier alpha value is -0.920. The lowest BCUT2D eigenvalue weighted by Crippen LogP contribution is -1.65. The second kappa shape index (κ2) is 5.22. The fourth-order valence-electron chi connectivity index (χ4n) is 0.418. The Bertz CT molecular complexity index is 136. The Kier molecular flexibility index (Phi) is 4.69. The molecule has 0 aromatic rings. The van der Waals surface area contributed by atoms with Crippen molar-refractivity contribution in [2.75, 3.05) is 0 Å². The van der Waals surface area contributed by atoms with Gasteiger partial charge in [-0.05, 0) is 24.6 Å². The van der Waals surface area contributed by atoms with Crippen molar-refractivity contribution in [3.63, 3.8) is 0 Å². The number of hydrogen-bond acceptors (Lipinski definition) is 2. The lowest BCUT2D eigenvalue weighted by molar-refractivity contribution is 1.21. The van der Waals surface area contributed by atoms with Crippen molar-refractivity contribution in [3.8, 4) is 0 Å². The average Bonchev–Trinajstić information content (AvgIpc) is 1.91. The molecule has 2 heteroatoms. The maximum Gasteiger partial charge on any atom is 0.103 e. The quantitative estimate of drug-likeness (QED) is 0.421. The van der Waals surface area contributed by atoms with E-state index in [4.69, 9.17) is 0 Å². The molecule has 0 amide bonds. The van der Waals surface area contributed by atoms with Crippen molar-refractivity contribution in [3.05, 3.63) is 28.8 Å². The van der Waals surface area contributed by atoms with Crippen LogP contribution in [0.15, 0.2) is 29.1 Å². The van der Waals surface area contributed by atoms with Gasteiger partial charge >= 0.3 is 0 Å². The molecule has 0 aromatic heterocycles. The van der Waals surface area contributed by atoms with E-state index in [9.17, 15) is 4.91 Å². The van der Waals surface area contributed by atoms with Crippen LogP contribution in [0.5, 0.6) is 0 Å². The van der Waals surface area contributed by atoms with E-state index in [1.165, 1.54) is 0 Å². The summed E-state index contributed by atoms with van der Waals surface area (Å²) in [6.45, 7) is 3.80. The van der Waals surface area contributed by atoms with Gasteiger partial charge in [-0.1, -0.05) is 19.1 Å². The summed E-state index contributed by atoms with van der Waals surface area (Å²) in [6.07, 6.45) is 6.23. The van der Waals surface area contributed by atoms with Gasteiger partial charge in [-0.15, -0.1) is 4.91 Å². The zero-order valence-corrected chi connectivity index (χ0v) is 5.79. The molecular weight excluding hydrogens is 114 g/mol. The summed E-state index contributed by atoms with van der Waals surface area (Å²) in [5.74, 6) is 0. The Morgan fingerprint density at radius 1 is 1.67 bits per heavy atom. The number of rotatable bonds is 3. The first-order valence-corrected chi connectivity index (χ1v) is 3.01. The molecule has 0 heterocycles. The second-order valence-corrected chi connectivity index (χ2v) is 1.62. The number of hydrogen-bond donors (Lipinski definition) is 0. The molecule has 0 aliphatic rings. The van der Waals surface area contributed by atoms with Gasteiger partial charge in [0.2, 0.25) is 0 Å². The topological polar surface area (TPSA) is 29.4 Å². The number of nitrogens with zero attached hydrogens (tertiary/aromatic N) is 1. The van der Waals surface area contributed by atoms with Crippen molar-refractivity contribution in [2.45, 2.75) is 20.3 Å². The normalized spacial score (nSPS) is 12.4. The third-order valence-electron chi connectivity index (χ3n) is 0.925. The Morgan fingerprint density at radius 2 is 2.33 bits per heavy atom. The molecule has 0 saturated carbocycles. The third kappa shape index (κ3) is 3.64. The summed E-state index contributed by atoms with van der Waals surface area (Å²) >= 11 is 0. The minimum Gasteiger partial charge on any atom is -0.145 e. The average molecular weight is 125 g/mol. The summed E-state index contributed by atoms with van der Waals surface area (Å²) in [5.41, 5.74) is 0.497. The number of allylic oxidation sites excluding steroid dienone is 3. The van der Waals surface area contributed by atoms with Crippen LogP contribution in [0.2, 0.25) is 0 Å². The lowest BCUT2D eigenvalue weighted by atomic mass is 10.3. The van der Waals surface area contributed by atoms with Gasteiger partial charge in [0.05, 0.1) is 0 Å². The minimum absolute atomic E-state index is 0.497. The second-order valence-electron chi connectivity index (χ2n) is 1.62. The van der Waals surface area contributed by atoms with Crippen molar-refractivity contribution in [2.24, 2.45) is 5.18 Å². The van der Waals surface area contributed by atoms with Gasteiger partial charge in [0, 0.05) is 0 Å². The van der Waals surface area contributed by atoms with Gasteiger partial charge in [0.1, 0.15) is 5.70 Å². The highest BCUT2D eigenvalue weighted by Crippen LogP contribution is 1.97. The maximum atomic E-state index is 9.87. The smallest absolute Gasteiger partial charge is 0.103 e. The summed E-state index contributed by atoms with van der Waals surface area (Å²) in [7, 11) is 0. The Labute approximate surface area is 55.2 Å². The molecule has 0 aliphatic carbocycles. The monoisotopic (exact) mass is 125 g/mol. The molecule has 0 fully saturated rings. The van der Waals surface area contributed by atoms with Crippen LogP contribution in [0.1, 0.15) is 20.3 Å². The summed E-state index contributed by atoms with van der Waals surface area (Å²) in [5, 5.41) is 2.77. The number of nitroso groups, excluding NO2 is 1. The van der Waals surface area contributed by atoms with E-state index < -0.39 is 0 Å². The molecule has 0 aromatic carbocycles. The van der Waals surface area contributed by atoms with Gasteiger partial charge in [0.15, 0.2) is 0 Å². The van der Waals surface area contributed by atoms with Crippen molar-refractivity contribution >= 4 is 0 Å². The predicted molar refractivity (Wildman–Crippen MR) is 39.0 cm³/mol. The molecule has 0 bridgehead atoms. The molecule has 0 unspecified atom stereocenters. The van der Waals surface area contributed by atoms with Crippen LogP contribution in [-0.4, -0.2) is 0 Å². The first kappa shape index (κ1) is 8.08. The van der Waals surface area contributed by atoms with Crippen LogP contribution < -0.4 is 0 Å². The zero-order valence-electron chi connectivity index (χ0n) is 5.79. The molecule has 0 atom stereocenters. The van der Waals surface area contributed by atoms with E-state index in [2.05, 4.69) is 5.18 Å². The molecule has 0 radical (unpaired) electrons. The van der Waals surface area contributed by atoms with Gasteiger partial charge in [0.25, 0.3) is 0 Å². The van der Waals surface area contributed by atoms with Crippen molar-refractivity contribution in [1.29, 1.82) is 0 Å². The van der Waals surface area contributed by atoms with Crippen LogP contribution in [0.25, 0.3) is 0 Å². The van der Waals surface area contributed by atoms with E-state index in [0.717, 1.165) is 6.42 Å². The largest absolute Gasteiger partial charge is 0.145 e. The summed E-state index contributed by atoms with van der Waals surface area (Å²) < 4.78 is 0. The van der Waals surface area contributed by atoms with E-state index in [1.54, 1.807) is 19.1 Å². The van der Waals surface area contributed by atoms with Crippen LogP contribution in [0, 0.1) is 4.91 Å². The SMILES string of the molecule is C/C=C(\C=C/CC)N=O. The van der Waals surface area contributed by atoms with Crippen LogP contribution >= 0.6 is 0 Å². The maximum absolute atomic E-state index is 9.87. The first-order valence-electron chi connectivity index (χ1n) is 3.01. The molecule has 2 nitrogen and oxygen atoms in total. The van der Waals surface area contributed by atoms with Crippen LogP contribution in [0.3, 0.4) is 0 Å². The van der Waals surface area contributed by atoms with E-state index >= 15 is 0 Å². The van der Waals surface area contributed by atoms with Crippen molar-refractivity contribution in [1.82, 2.24) is 0 Å². The molecule has 9 heavy (non-hydrogen) atoms. The Morgan fingerprint density at radius 3 is 2.67 bits per heavy atom. The first-order chi connectivity index (χ1) is 4.35. The van der Waals surface area contributed by atoms with E-state index in [-0.39, 0.29) is 0 Å². The standard InChI is InChI=1S/C7H11NO/c1-3-5-6-7(4-2)8-9/h4-6H,3H2,1-2H3/b6-5-,7-4+. The van der Waals surface area contributed by atoms with Gasteiger partial charge < -0.3 is 0 Å². The molecule has 0 rings (SSSR count). The van der Waals surface area contributed by atoms with Crippen LogP contribution in [0.4, 0.5) is 0 Å². The predicted octanol–water partition coefficient (Wildman–Crippen LogP) is 2.62. The lowest BCUT2D eigenvalue weighted by Gasteiger charge is -1.81. The summed E-state index contributed by atoms with van der Waals surface area (Å²) in [6, 6.07) is 0. The van der Waals surface area contributed by atoms with E-state index in [1.807, 2.05) is 13.0 Å². The van der Waals surface area contributed by atoms with Crippen LogP contribution in [-0.2, 0) is 0 Å². The third-order valence-corrected chi connectivity index (χ3v) is 0.925.